The van der Waals surface area contributed by atoms with Gasteiger partial charge >= 0.3 is 0 Å². The molecule has 8 nitrogen and oxygen atoms in total. The molecule has 1 aromatic heterocycles. The number of nitrogens with zero attached hydrogens (tertiary/aromatic N) is 2. The number of pyridine rings is 1. The normalized spacial score (nSPS) is 17.7. The summed E-state index contributed by atoms with van der Waals surface area (Å²) in [6.07, 6.45) is 0.968. The number of Topliss-reactive ketones (excluding diaryl/α,β-unsaturated/α-hetero) is 1. The Labute approximate surface area is 186 Å². The van der Waals surface area contributed by atoms with Crippen molar-refractivity contribution in [3.05, 3.63) is 63.1 Å². The number of aromatic nitrogens is 1. The minimum Gasteiger partial charge on any atom is -0.497 e. The number of amides is 2. The molecule has 1 fully saturated rings. The molecule has 1 aromatic carbocycles. The number of carbonyl (C=O) groups is 3. The largest absolute Gasteiger partial charge is 0.497 e. The number of H-pyrrole nitrogens is 1. The van der Waals surface area contributed by atoms with Crippen molar-refractivity contribution in [2.45, 2.75) is 26.7 Å². The van der Waals surface area contributed by atoms with Crippen molar-refractivity contribution >= 4 is 17.6 Å². The number of carbonyl (C=O) groups excluding carboxylic acids is 3. The first kappa shape index (κ1) is 21.8. The number of fused-ring (bicyclic) bond motifs is 1. The van der Waals surface area contributed by atoms with Gasteiger partial charge in [-0.25, -0.2) is 0 Å². The summed E-state index contributed by atoms with van der Waals surface area (Å²) in [6.45, 7) is 5.34. The highest BCUT2D eigenvalue weighted by Gasteiger charge is 2.34. The van der Waals surface area contributed by atoms with Gasteiger partial charge in [0.2, 0.25) is 0 Å². The van der Waals surface area contributed by atoms with Gasteiger partial charge in [0.25, 0.3) is 17.4 Å². The lowest BCUT2D eigenvalue weighted by atomic mass is 9.75. The quantitative estimate of drug-likeness (QED) is 0.793. The molecule has 2 aromatic rings. The Morgan fingerprint density at radius 3 is 2.12 bits per heavy atom. The summed E-state index contributed by atoms with van der Waals surface area (Å²) in [5, 5.41) is 0. The highest BCUT2D eigenvalue weighted by Crippen LogP contribution is 2.33. The number of ketones is 1. The van der Waals surface area contributed by atoms with E-state index in [9.17, 15) is 19.2 Å². The zero-order valence-corrected chi connectivity index (χ0v) is 18.6. The first-order valence-corrected chi connectivity index (χ1v) is 10.7. The lowest BCUT2D eigenvalue weighted by Gasteiger charge is -2.35. The van der Waals surface area contributed by atoms with Crippen LogP contribution in [0.5, 0.6) is 5.75 Å². The van der Waals surface area contributed by atoms with Crippen LogP contribution >= 0.6 is 0 Å². The van der Waals surface area contributed by atoms with Gasteiger partial charge in [-0.15, -0.1) is 0 Å². The van der Waals surface area contributed by atoms with Gasteiger partial charge in [0.15, 0.2) is 5.78 Å². The van der Waals surface area contributed by atoms with Crippen molar-refractivity contribution in [3.63, 3.8) is 0 Å². The maximum Gasteiger partial charge on any atom is 0.261 e. The Morgan fingerprint density at radius 1 is 0.938 bits per heavy atom. The van der Waals surface area contributed by atoms with E-state index in [1.165, 1.54) is 6.07 Å². The molecule has 32 heavy (non-hydrogen) atoms. The van der Waals surface area contributed by atoms with E-state index in [2.05, 4.69) is 4.98 Å². The highest BCUT2D eigenvalue weighted by molar-refractivity contribution is 6.02. The van der Waals surface area contributed by atoms with E-state index in [0.29, 0.717) is 61.6 Å². The molecule has 0 bridgehead atoms. The molecule has 1 saturated heterocycles. The van der Waals surface area contributed by atoms with Crippen LogP contribution < -0.4 is 10.3 Å². The zero-order chi connectivity index (χ0) is 23.0. The second kappa shape index (κ2) is 8.26. The second-order valence-corrected chi connectivity index (χ2v) is 9.16. The first-order chi connectivity index (χ1) is 15.2. The van der Waals surface area contributed by atoms with E-state index >= 15 is 0 Å². The van der Waals surface area contributed by atoms with Crippen LogP contribution in [0.2, 0.25) is 0 Å². The fraction of sp³-hybridized carbons (Fsp3) is 0.417. The van der Waals surface area contributed by atoms with E-state index in [4.69, 9.17) is 4.74 Å². The number of methoxy groups -OCH3 is 1. The van der Waals surface area contributed by atoms with Crippen LogP contribution in [0.3, 0.4) is 0 Å². The van der Waals surface area contributed by atoms with Crippen molar-refractivity contribution in [3.8, 4) is 5.75 Å². The third kappa shape index (κ3) is 4.17. The number of hydrogen-bond acceptors (Lipinski definition) is 5. The van der Waals surface area contributed by atoms with E-state index in [-0.39, 0.29) is 22.7 Å². The van der Waals surface area contributed by atoms with Gasteiger partial charge in [-0.05, 0) is 42.2 Å². The number of aromatic amines is 1. The molecular weight excluding hydrogens is 410 g/mol. The fourth-order valence-corrected chi connectivity index (χ4v) is 4.39. The molecule has 0 unspecified atom stereocenters. The number of ether oxygens (including phenoxy) is 1. The maximum absolute atomic E-state index is 13.0. The van der Waals surface area contributed by atoms with E-state index in [1.54, 1.807) is 41.2 Å². The predicted octanol–water partition coefficient (Wildman–Crippen LogP) is 2.14. The molecule has 0 spiro atoms. The van der Waals surface area contributed by atoms with Crippen LogP contribution in [0, 0.1) is 5.41 Å². The minimum atomic E-state index is -0.476. The Morgan fingerprint density at radius 2 is 1.53 bits per heavy atom. The highest BCUT2D eigenvalue weighted by atomic mass is 16.5. The van der Waals surface area contributed by atoms with Crippen LogP contribution in [0.25, 0.3) is 0 Å². The Bertz CT molecular complexity index is 1130. The summed E-state index contributed by atoms with van der Waals surface area (Å²) >= 11 is 0. The average Bonchev–Trinajstić information content (AvgIpc) is 2.77. The number of hydrogen-bond donors (Lipinski definition) is 1. The summed E-state index contributed by atoms with van der Waals surface area (Å²) in [6, 6.07) is 8.34. The molecule has 8 heteroatoms. The van der Waals surface area contributed by atoms with Gasteiger partial charge in [0.05, 0.1) is 7.11 Å². The molecule has 1 aliphatic heterocycles. The molecule has 2 amide bonds. The number of piperazine rings is 1. The summed E-state index contributed by atoms with van der Waals surface area (Å²) in [5.74, 6) is 0.0913. The standard InChI is InChI=1S/C24H27N3O5/c1-24(2)13-19-17(20(28)14-24)12-18(21(29)25-19)23(31)27-10-8-26(9-11-27)22(30)15-4-6-16(32-3)7-5-15/h4-7,12H,8-11,13-14H2,1-3H3,(H,25,29). The molecule has 2 heterocycles. The van der Waals surface area contributed by atoms with Crippen molar-refractivity contribution < 1.29 is 19.1 Å². The zero-order valence-electron chi connectivity index (χ0n) is 18.6. The van der Waals surface area contributed by atoms with Crippen molar-refractivity contribution in [2.75, 3.05) is 33.3 Å². The molecule has 1 aliphatic carbocycles. The number of nitrogens with one attached hydrogen (secondary N) is 1. The van der Waals surface area contributed by atoms with E-state index in [0.717, 1.165) is 0 Å². The minimum absolute atomic E-state index is 0.0215. The number of rotatable bonds is 3. The monoisotopic (exact) mass is 437 g/mol. The molecule has 2 aliphatic rings. The van der Waals surface area contributed by atoms with Crippen molar-refractivity contribution in [1.82, 2.24) is 14.8 Å². The van der Waals surface area contributed by atoms with Crippen LogP contribution in [0.15, 0.2) is 35.1 Å². The number of benzene rings is 1. The smallest absolute Gasteiger partial charge is 0.261 e. The lowest BCUT2D eigenvalue weighted by Crippen LogP contribution is -2.51. The van der Waals surface area contributed by atoms with Crippen molar-refractivity contribution in [1.29, 1.82) is 0 Å². The van der Waals surface area contributed by atoms with Crippen LogP contribution in [0.1, 0.15) is 57.0 Å². The topological polar surface area (TPSA) is 99.8 Å². The molecule has 1 N–H and O–H groups in total. The molecule has 168 valence electrons. The van der Waals surface area contributed by atoms with Crippen LogP contribution in [0.4, 0.5) is 0 Å². The molecular formula is C24H27N3O5. The molecule has 0 radical (unpaired) electrons. The fourth-order valence-electron chi connectivity index (χ4n) is 4.39. The third-order valence-electron chi connectivity index (χ3n) is 6.14. The summed E-state index contributed by atoms with van der Waals surface area (Å²) in [7, 11) is 1.57. The van der Waals surface area contributed by atoms with Crippen molar-refractivity contribution in [2.24, 2.45) is 5.41 Å². The third-order valence-corrected chi connectivity index (χ3v) is 6.14. The first-order valence-electron chi connectivity index (χ1n) is 10.7. The predicted molar refractivity (Wildman–Crippen MR) is 118 cm³/mol. The van der Waals surface area contributed by atoms with Gasteiger partial charge < -0.3 is 19.5 Å². The molecule has 0 atom stereocenters. The van der Waals surface area contributed by atoms with Gasteiger partial charge in [-0.2, -0.15) is 0 Å². The van der Waals surface area contributed by atoms with Crippen LogP contribution in [-0.4, -0.2) is 65.7 Å². The van der Waals surface area contributed by atoms with E-state index in [1.807, 2.05) is 13.8 Å². The summed E-state index contributed by atoms with van der Waals surface area (Å²) in [4.78, 5) is 57.0. The summed E-state index contributed by atoms with van der Waals surface area (Å²) < 4.78 is 5.12. The van der Waals surface area contributed by atoms with Gasteiger partial charge in [-0.3, -0.25) is 19.2 Å². The summed E-state index contributed by atoms with van der Waals surface area (Å²) in [5.41, 5.74) is 0.870. The maximum atomic E-state index is 13.0. The average molecular weight is 437 g/mol. The van der Waals surface area contributed by atoms with Gasteiger partial charge in [-0.1, -0.05) is 13.8 Å². The molecule has 4 rings (SSSR count). The van der Waals surface area contributed by atoms with Crippen LogP contribution in [-0.2, 0) is 6.42 Å². The van der Waals surface area contributed by atoms with Gasteiger partial charge in [0.1, 0.15) is 11.3 Å². The SMILES string of the molecule is COc1ccc(C(=O)N2CCN(C(=O)c3cc4c([nH]c3=O)CC(C)(C)CC4=O)CC2)cc1. The Balaban J connectivity index is 1.46. The van der Waals surface area contributed by atoms with E-state index < -0.39 is 11.5 Å². The second-order valence-electron chi connectivity index (χ2n) is 9.16. The Hall–Kier alpha value is -3.42. The lowest BCUT2D eigenvalue weighted by molar-refractivity contribution is 0.0534. The van der Waals surface area contributed by atoms with Gasteiger partial charge in [0, 0.05) is 49.4 Å². The Kier molecular flexibility index (Phi) is 5.62. The molecule has 0 saturated carbocycles.